The van der Waals surface area contributed by atoms with E-state index >= 15 is 0 Å². The highest BCUT2D eigenvalue weighted by molar-refractivity contribution is 7.31. The highest BCUT2D eigenvalue weighted by Gasteiger charge is 2.45. The van der Waals surface area contributed by atoms with E-state index in [9.17, 15) is 0 Å². The number of aliphatic imine (C=N–C) groups is 1. The number of rotatable bonds is 8. The average molecular weight is 881 g/mol. The first-order valence-electron chi connectivity index (χ1n) is 22.3. The molecule has 0 atom stereocenters. The summed E-state index contributed by atoms with van der Waals surface area (Å²) in [6.07, 6.45) is 6.09. The summed E-state index contributed by atoms with van der Waals surface area (Å²) in [7, 11) is -3.24. The molecule has 0 bridgehead atoms. The molecule has 13 aromatic rings. The van der Waals surface area contributed by atoms with Crippen LogP contribution in [0, 0.1) is 0 Å². The second kappa shape index (κ2) is 15.0. The minimum absolute atomic E-state index is 0.785. The zero-order valence-corrected chi connectivity index (χ0v) is 37.8. The van der Waals surface area contributed by atoms with Crippen molar-refractivity contribution in [2.45, 2.75) is 6.92 Å². The van der Waals surface area contributed by atoms with Crippen LogP contribution in [0.1, 0.15) is 12.5 Å². The molecular formula is C59H40N4OSSi. The van der Waals surface area contributed by atoms with Crippen LogP contribution in [0.15, 0.2) is 216 Å². The fraction of sp³-hybridized carbons (Fsp3) is 0.0169. The Balaban J connectivity index is 1.15. The molecule has 0 N–H and O–H groups in total. The van der Waals surface area contributed by atoms with Gasteiger partial charge in [-0.05, 0) is 70.8 Å². The normalized spacial score (nSPS) is 12.3. The second-order valence-electron chi connectivity index (χ2n) is 16.8. The van der Waals surface area contributed by atoms with Crippen LogP contribution in [0.25, 0.3) is 92.4 Å². The first kappa shape index (κ1) is 38.4. The summed E-state index contributed by atoms with van der Waals surface area (Å²) in [6.45, 7) is 6.12. The number of furan rings is 1. The first-order chi connectivity index (χ1) is 32.7. The summed E-state index contributed by atoms with van der Waals surface area (Å²) >= 11 is 1.89. The minimum Gasteiger partial charge on any atom is -0.454 e. The van der Waals surface area contributed by atoms with E-state index in [1.165, 1.54) is 46.3 Å². The number of para-hydroxylation sites is 4. The number of pyridine rings is 1. The third kappa shape index (κ3) is 5.32. The fourth-order valence-electron chi connectivity index (χ4n) is 10.9. The van der Waals surface area contributed by atoms with E-state index in [2.05, 4.69) is 221 Å². The monoisotopic (exact) mass is 880 g/mol. The van der Waals surface area contributed by atoms with Gasteiger partial charge in [0.05, 0.1) is 27.1 Å². The van der Waals surface area contributed by atoms with Crippen LogP contribution in [0.2, 0.25) is 0 Å². The quantitative estimate of drug-likeness (QED) is 0.0867. The Morgan fingerprint density at radius 1 is 0.515 bits per heavy atom. The third-order valence-electron chi connectivity index (χ3n) is 13.5. The minimum atomic E-state index is -3.24. The molecule has 5 heterocycles. The maximum Gasteiger partial charge on any atom is 0.185 e. The van der Waals surface area contributed by atoms with Crippen LogP contribution in [-0.2, 0) is 0 Å². The van der Waals surface area contributed by atoms with Gasteiger partial charge < -0.3 is 4.42 Å². The predicted molar refractivity (Wildman–Crippen MR) is 283 cm³/mol. The van der Waals surface area contributed by atoms with E-state index in [4.69, 9.17) is 9.40 Å². The Kier molecular flexibility index (Phi) is 8.71. The molecule has 0 aliphatic heterocycles. The Morgan fingerprint density at radius 2 is 1.08 bits per heavy atom. The summed E-state index contributed by atoms with van der Waals surface area (Å²) in [6, 6.07) is 70.7. The number of hydrogen-bond donors (Lipinski definition) is 0. The van der Waals surface area contributed by atoms with Crippen molar-refractivity contribution < 1.29 is 4.42 Å². The van der Waals surface area contributed by atoms with Gasteiger partial charge in [0.2, 0.25) is 0 Å². The van der Waals surface area contributed by atoms with Crippen molar-refractivity contribution in [2.75, 3.05) is 0 Å². The van der Waals surface area contributed by atoms with Gasteiger partial charge in [-0.1, -0.05) is 170 Å². The van der Waals surface area contributed by atoms with E-state index in [1.807, 2.05) is 30.5 Å². The van der Waals surface area contributed by atoms with E-state index in [-0.39, 0.29) is 0 Å². The molecular weight excluding hydrogens is 841 g/mol. The van der Waals surface area contributed by atoms with Gasteiger partial charge >= 0.3 is 0 Å². The predicted octanol–water partition coefficient (Wildman–Crippen LogP) is 13.1. The molecule has 5 aromatic heterocycles. The van der Waals surface area contributed by atoms with Gasteiger partial charge in [-0.2, -0.15) is 0 Å². The Morgan fingerprint density at radius 3 is 1.79 bits per heavy atom. The van der Waals surface area contributed by atoms with Gasteiger partial charge in [-0.15, -0.1) is 11.3 Å². The van der Waals surface area contributed by atoms with Gasteiger partial charge in [-0.3, -0.25) is 9.13 Å². The van der Waals surface area contributed by atoms with E-state index < -0.39 is 8.07 Å². The number of fused-ring (bicyclic) bond motifs is 10. The van der Waals surface area contributed by atoms with Crippen molar-refractivity contribution in [3.05, 3.63) is 212 Å². The van der Waals surface area contributed by atoms with Crippen molar-refractivity contribution in [3.8, 4) is 11.4 Å². The molecule has 0 radical (unpaired) electrons. The van der Waals surface area contributed by atoms with Crippen LogP contribution in [0.5, 0.6) is 0 Å². The van der Waals surface area contributed by atoms with Gasteiger partial charge in [0.15, 0.2) is 13.7 Å². The molecule has 0 spiro atoms. The molecule has 312 valence electrons. The number of benzene rings is 8. The van der Waals surface area contributed by atoms with Gasteiger partial charge in [0.25, 0.3) is 0 Å². The van der Waals surface area contributed by atoms with Crippen LogP contribution in [-0.4, -0.2) is 28.9 Å². The van der Waals surface area contributed by atoms with Crippen molar-refractivity contribution in [2.24, 2.45) is 4.99 Å². The average Bonchev–Trinajstić information content (AvgIpc) is 4.14. The first-order valence-corrected chi connectivity index (χ1v) is 25.1. The van der Waals surface area contributed by atoms with E-state index in [0.717, 1.165) is 72.1 Å². The molecule has 66 heavy (non-hydrogen) atoms. The van der Waals surface area contributed by atoms with Gasteiger partial charge in [0, 0.05) is 54.2 Å². The number of thiophene rings is 1. The molecule has 0 saturated heterocycles. The zero-order chi connectivity index (χ0) is 43.9. The SMILES string of the molecule is C=Nc1c(/C=C\C)c2ccccc2n1-c1cccc2c1oc1c([Si](c3ccccc3)(c3ccccc3)c3cccc4c3sc3c(-n5c6ccccc6c6cccnc65)cccc34)cccc12. The van der Waals surface area contributed by atoms with Crippen LogP contribution < -0.4 is 20.7 Å². The second-order valence-corrected chi connectivity index (χ2v) is 21.6. The third-order valence-corrected chi connectivity index (χ3v) is 19.8. The number of hydrogen-bond acceptors (Lipinski definition) is 4. The lowest BCUT2D eigenvalue weighted by molar-refractivity contribution is 0.668. The standard InChI is InChI=1S/C59H40N4OSSi/c1-3-19-46-40-24-10-12-31-48(40)62(58(46)60-2)50-33-14-26-42-43-27-16-35-52(55(43)64-54(42)50)66(38-20-6-4-7-21-38,39-22-8-5-9-23-39)53-36-17-29-45-44-28-15-34-51(56(44)65-57(45)53)63-49-32-13-11-25-41(49)47-30-18-37-61-59(47)63/h3-37H,2H2,1H3/b19-3-. The van der Waals surface area contributed by atoms with E-state index in [0.29, 0.717) is 0 Å². The molecule has 0 fully saturated rings. The van der Waals surface area contributed by atoms with E-state index in [1.54, 1.807) is 0 Å². The molecule has 0 unspecified atom stereocenters. The molecule has 0 amide bonds. The topological polar surface area (TPSA) is 48.2 Å². The molecule has 0 aliphatic rings. The van der Waals surface area contributed by atoms with Crippen molar-refractivity contribution >= 4 is 134 Å². The van der Waals surface area contributed by atoms with Gasteiger partial charge in [-0.25, -0.2) is 9.98 Å². The lowest BCUT2D eigenvalue weighted by Gasteiger charge is -2.34. The number of allylic oxidation sites excluding steroid dienone is 1. The lowest BCUT2D eigenvalue weighted by Crippen LogP contribution is -2.74. The Labute approximate surface area is 385 Å². The van der Waals surface area contributed by atoms with Crippen molar-refractivity contribution in [1.82, 2.24) is 14.1 Å². The van der Waals surface area contributed by atoms with Crippen LogP contribution >= 0.6 is 11.3 Å². The zero-order valence-electron chi connectivity index (χ0n) is 36.0. The fourth-order valence-corrected chi connectivity index (χ4v) is 17.7. The smallest absolute Gasteiger partial charge is 0.185 e. The van der Waals surface area contributed by atoms with Gasteiger partial charge in [0.1, 0.15) is 17.0 Å². The largest absolute Gasteiger partial charge is 0.454 e. The Hall–Kier alpha value is -8.10. The maximum atomic E-state index is 7.51. The van der Waals surface area contributed by atoms with Crippen LogP contribution in [0.4, 0.5) is 5.82 Å². The molecule has 5 nitrogen and oxygen atoms in total. The lowest BCUT2D eigenvalue weighted by atomic mass is 10.1. The van der Waals surface area contributed by atoms with Crippen molar-refractivity contribution in [3.63, 3.8) is 0 Å². The summed E-state index contributed by atoms with van der Waals surface area (Å²) in [5, 5.41) is 13.2. The maximum absolute atomic E-state index is 7.51. The number of nitrogens with zero attached hydrogens (tertiary/aromatic N) is 4. The summed E-state index contributed by atoms with van der Waals surface area (Å²) < 4.78 is 14.6. The summed E-state index contributed by atoms with van der Waals surface area (Å²) in [4.78, 5) is 9.65. The highest BCUT2D eigenvalue weighted by atomic mass is 32.1. The van der Waals surface area contributed by atoms with Crippen molar-refractivity contribution in [1.29, 1.82) is 0 Å². The molecule has 0 saturated carbocycles. The van der Waals surface area contributed by atoms with Crippen LogP contribution in [0.3, 0.4) is 0 Å². The molecule has 0 aliphatic carbocycles. The highest BCUT2D eigenvalue weighted by Crippen LogP contribution is 2.43. The summed E-state index contributed by atoms with van der Waals surface area (Å²) in [5.74, 6) is 0.785. The molecule has 7 heteroatoms. The summed E-state index contributed by atoms with van der Waals surface area (Å²) in [5.41, 5.74) is 7.95. The Bertz CT molecular complexity index is 4010. The molecule has 13 rings (SSSR count). The molecule has 8 aromatic carbocycles. The number of aromatic nitrogens is 3.